The number of nitrogens with zero attached hydrogens (tertiary/aromatic N) is 1. The van der Waals surface area contributed by atoms with Gasteiger partial charge in [-0.05, 0) is 25.7 Å². The van der Waals surface area contributed by atoms with E-state index in [1.807, 2.05) is 0 Å². The van der Waals surface area contributed by atoms with Gasteiger partial charge in [-0.1, -0.05) is 32.6 Å². The van der Waals surface area contributed by atoms with Gasteiger partial charge in [-0.25, -0.2) is 4.98 Å². The second kappa shape index (κ2) is 5.67. The summed E-state index contributed by atoms with van der Waals surface area (Å²) in [5.41, 5.74) is 7.33. The minimum absolute atomic E-state index is 0.643. The molecule has 0 unspecified atom stereocenters. The predicted molar refractivity (Wildman–Crippen MR) is 71.0 cm³/mol. The number of aryl methyl sites for hydroxylation is 1. The van der Waals surface area contributed by atoms with E-state index in [0.29, 0.717) is 5.92 Å². The van der Waals surface area contributed by atoms with Crippen molar-refractivity contribution in [3.63, 3.8) is 0 Å². The molecule has 0 aromatic carbocycles. The van der Waals surface area contributed by atoms with Crippen molar-refractivity contribution in [1.29, 1.82) is 0 Å². The lowest BCUT2D eigenvalue weighted by atomic mass is 9.97. The second-order valence-electron chi connectivity index (χ2n) is 4.80. The Morgan fingerprint density at radius 2 is 1.94 bits per heavy atom. The summed E-state index contributed by atoms with van der Waals surface area (Å²) in [6.07, 6.45) is 10.3. The molecule has 1 saturated carbocycles. The molecule has 0 bridgehead atoms. The summed E-state index contributed by atoms with van der Waals surface area (Å²) in [5, 5.41) is 2.22. The molecule has 0 amide bonds. The van der Waals surface area contributed by atoms with Crippen LogP contribution in [0.15, 0.2) is 0 Å². The van der Waals surface area contributed by atoms with Gasteiger partial charge in [-0.3, -0.25) is 0 Å². The van der Waals surface area contributed by atoms with Crippen molar-refractivity contribution < 1.29 is 0 Å². The lowest BCUT2D eigenvalue weighted by molar-refractivity contribution is 0.580. The summed E-state index contributed by atoms with van der Waals surface area (Å²) >= 11 is 1.71. The van der Waals surface area contributed by atoms with Gasteiger partial charge in [-0.15, -0.1) is 11.3 Å². The molecule has 0 aliphatic heterocycles. The van der Waals surface area contributed by atoms with Crippen molar-refractivity contribution in [2.24, 2.45) is 0 Å². The average molecular weight is 238 g/mol. The van der Waals surface area contributed by atoms with Crippen LogP contribution in [-0.4, -0.2) is 4.98 Å². The highest BCUT2D eigenvalue weighted by Gasteiger charge is 2.20. The van der Waals surface area contributed by atoms with Gasteiger partial charge < -0.3 is 5.73 Å². The Morgan fingerprint density at radius 3 is 2.56 bits per heavy atom. The molecule has 0 saturated heterocycles. The van der Waals surface area contributed by atoms with Crippen molar-refractivity contribution in [1.82, 2.24) is 4.98 Å². The molecule has 1 aliphatic carbocycles. The zero-order valence-electron chi connectivity index (χ0n) is 10.2. The summed E-state index contributed by atoms with van der Waals surface area (Å²) in [7, 11) is 0. The molecule has 2 N–H and O–H groups in total. The number of rotatable bonds is 3. The van der Waals surface area contributed by atoms with Crippen LogP contribution in [0.5, 0.6) is 0 Å². The van der Waals surface area contributed by atoms with Gasteiger partial charge in [0.2, 0.25) is 0 Å². The van der Waals surface area contributed by atoms with Crippen LogP contribution in [0.3, 0.4) is 0 Å². The number of nitrogen functional groups attached to an aromatic ring is 1. The summed E-state index contributed by atoms with van der Waals surface area (Å²) in [5.74, 6) is 0.643. The van der Waals surface area contributed by atoms with Crippen molar-refractivity contribution in [2.45, 2.75) is 64.2 Å². The maximum absolute atomic E-state index is 6.11. The highest BCUT2D eigenvalue weighted by atomic mass is 32.1. The van der Waals surface area contributed by atoms with Crippen LogP contribution in [-0.2, 0) is 6.42 Å². The number of anilines is 1. The van der Waals surface area contributed by atoms with Gasteiger partial charge in [-0.2, -0.15) is 0 Å². The molecule has 2 nitrogen and oxygen atoms in total. The van der Waals surface area contributed by atoms with Crippen LogP contribution in [0.2, 0.25) is 0 Å². The van der Waals surface area contributed by atoms with E-state index in [2.05, 4.69) is 6.92 Å². The summed E-state index contributed by atoms with van der Waals surface area (Å²) in [4.78, 5) is 4.76. The van der Waals surface area contributed by atoms with Crippen molar-refractivity contribution in [3.8, 4) is 0 Å². The summed E-state index contributed by atoms with van der Waals surface area (Å²) in [6.45, 7) is 2.20. The van der Waals surface area contributed by atoms with E-state index in [0.717, 1.165) is 17.8 Å². The van der Waals surface area contributed by atoms with Crippen LogP contribution >= 0.6 is 11.3 Å². The number of hydrogen-bond donors (Lipinski definition) is 1. The fraction of sp³-hybridized carbons (Fsp3) is 0.769. The third kappa shape index (κ3) is 2.76. The molecule has 0 radical (unpaired) electrons. The van der Waals surface area contributed by atoms with Crippen molar-refractivity contribution >= 4 is 16.3 Å². The molecule has 0 atom stereocenters. The molecule has 1 aliphatic rings. The van der Waals surface area contributed by atoms with E-state index in [1.54, 1.807) is 11.3 Å². The first-order chi connectivity index (χ1) is 7.81. The van der Waals surface area contributed by atoms with Crippen molar-refractivity contribution in [2.75, 3.05) is 5.73 Å². The predicted octanol–water partition coefficient (Wildman–Crippen LogP) is 4.12. The lowest BCUT2D eigenvalue weighted by Gasteiger charge is -2.11. The molecule has 1 heterocycles. The fourth-order valence-electron chi connectivity index (χ4n) is 2.56. The first-order valence-corrected chi connectivity index (χ1v) is 7.38. The highest BCUT2D eigenvalue weighted by molar-refractivity contribution is 7.15. The Kier molecular flexibility index (Phi) is 4.22. The van der Waals surface area contributed by atoms with E-state index in [-0.39, 0.29) is 0 Å². The van der Waals surface area contributed by atoms with Gasteiger partial charge in [0.1, 0.15) is 5.00 Å². The lowest BCUT2D eigenvalue weighted by Crippen LogP contribution is -2.01. The molecule has 1 fully saturated rings. The molecule has 1 aromatic rings. The Balaban J connectivity index is 2.11. The van der Waals surface area contributed by atoms with Crippen LogP contribution in [0.25, 0.3) is 0 Å². The number of aromatic nitrogens is 1. The molecule has 0 spiro atoms. The van der Waals surface area contributed by atoms with Gasteiger partial charge in [0, 0.05) is 5.92 Å². The molecule has 1 aromatic heterocycles. The van der Waals surface area contributed by atoms with Crippen LogP contribution in [0.4, 0.5) is 5.00 Å². The maximum Gasteiger partial charge on any atom is 0.110 e. The van der Waals surface area contributed by atoms with E-state index >= 15 is 0 Å². The molecule has 90 valence electrons. The SMILES string of the molecule is CCCc1nc(C2CCCCCC2)c(N)s1. The Bertz CT molecular complexity index is 325. The van der Waals surface area contributed by atoms with Crippen LogP contribution in [0.1, 0.15) is 68.5 Å². The Morgan fingerprint density at radius 1 is 1.25 bits per heavy atom. The third-order valence-electron chi connectivity index (χ3n) is 3.43. The second-order valence-corrected chi connectivity index (χ2v) is 5.91. The third-order valence-corrected chi connectivity index (χ3v) is 4.39. The first kappa shape index (κ1) is 11.9. The maximum atomic E-state index is 6.11. The quantitative estimate of drug-likeness (QED) is 0.805. The Hall–Kier alpha value is -0.570. The van der Waals surface area contributed by atoms with E-state index in [4.69, 9.17) is 10.7 Å². The number of hydrogen-bond acceptors (Lipinski definition) is 3. The van der Waals surface area contributed by atoms with Gasteiger partial charge >= 0.3 is 0 Å². The minimum Gasteiger partial charge on any atom is -0.389 e. The van der Waals surface area contributed by atoms with E-state index in [9.17, 15) is 0 Å². The summed E-state index contributed by atoms with van der Waals surface area (Å²) < 4.78 is 0. The molecule has 16 heavy (non-hydrogen) atoms. The average Bonchev–Trinajstić information content (AvgIpc) is 2.52. The van der Waals surface area contributed by atoms with Gasteiger partial charge in [0.25, 0.3) is 0 Å². The fourth-order valence-corrected chi connectivity index (χ4v) is 3.58. The normalized spacial score (nSPS) is 18.6. The molecule has 3 heteroatoms. The number of nitrogens with two attached hydrogens (primary N) is 1. The smallest absolute Gasteiger partial charge is 0.110 e. The van der Waals surface area contributed by atoms with Gasteiger partial charge in [0.15, 0.2) is 0 Å². The molecular formula is C13H22N2S. The molecule has 2 rings (SSSR count). The largest absolute Gasteiger partial charge is 0.389 e. The topological polar surface area (TPSA) is 38.9 Å². The monoisotopic (exact) mass is 238 g/mol. The van der Waals surface area contributed by atoms with E-state index in [1.165, 1.54) is 49.2 Å². The van der Waals surface area contributed by atoms with Crippen molar-refractivity contribution in [3.05, 3.63) is 10.7 Å². The first-order valence-electron chi connectivity index (χ1n) is 6.56. The molecular weight excluding hydrogens is 216 g/mol. The zero-order chi connectivity index (χ0) is 11.4. The van der Waals surface area contributed by atoms with Gasteiger partial charge in [0.05, 0.1) is 10.7 Å². The highest BCUT2D eigenvalue weighted by Crippen LogP contribution is 2.36. The zero-order valence-corrected chi connectivity index (χ0v) is 11.0. The standard InChI is InChI=1S/C13H22N2S/c1-2-7-11-15-12(13(14)16-11)10-8-5-3-4-6-9-10/h10H,2-9,14H2,1H3. The van der Waals surface area contributed by atoms with E-state index < -0.39 is 0 Å². The summed E-state index contributed by atoms with van der Waals surface area (Å²) in [6, 6.07) is 0. The minimum atomic E-state index is 0.643. The van der Waals surface area contributed by atoms with Crippen LogP contribution < -0.4 is 5.73 Å². The van der Waals surface area contributed by atoms with Crippen LogP contribution in [0, 0.1) is 0 Å². The Labute approximate surface area is 102 Å². The number of thiazole rings is 1.